The standard InChI is InChI=1S/C23H27NO/c1-15(2)14-25-21-13-7-12-20-18-10-6-11-19(18)22(24-23(20)21)17-9-5-4-8-16(17)3/h4-10,12-13,15,18-19,22,24H,11,14H2,1-3H3. The number of ether oxygens (including phenoxy) is 1. The second-order valence-corrected chi connectivity index (χ2v) is 7.76. The van der Waals surface area contributed by atoms with Crippen LogP contribution < -0.4 is 10.1 Å². The van der Waals surface area contributed by atoms with Crippen molar-refractivity contribution in [3.63, 3.8) is 0 Å². The van der Waals surface area contributed by atoms with Gasteiger partial charge in [0.05, 0.1) is 18.3 Å². The van der Waals surface area contributed by atoms with Gasteiger partial charge in [-0.05, 0) is 47.9 Å². The molecule has 25 heavy (non-hydrogen) atoms. The van der Waals surface area contributed by atoms with Crippen molar-refractivity contribution >= 4 is 5.69 Å². The molecule has 0 amide bonds. The van der Waals surface area contributed by atoms with E-state index in [-0.39, 0.29) is 0 Å². The number of anilines is 1. The van der Waals surface area contributed by atoms with E-state index in [9.17, 15) is 0 Å². The van der Waals surface area contributed by atoms with Crippen LogP contribution in [0.2, 0.25) is 0 Å². The van der Waals surface area contributed by atoms with Gasteiger partial charge in [-0.15, -0.1) is 0 Å². The average molecular weight is 333 g/mol. The largest absolute Gasteiger partial charge is 0.491 e. The number of hydrogen-bond donors (Lipinski definition) is 1. The molecule has 2 heteroatoms. The number of allylic oxidation sites excluding steroid dienone is 2. The third-order valence-corrected chi connectivity index (χ3v) is 5.45. The van der Waals surface area contributed by atoms with Crippen molar-refractivity contribution in [2.24, 2.45) is 11.8 Å². The van der Waals surface area contributed by atoms with Crippen LogP contribution >= 0.6 is 0 Å². The second kappa shape index (κ2) is 6.59. The molecule has 3 unspecified atom stereocenters. The lowest BCUT2D eigenvalue weighted by atomic mass is 9.76. The summed E-state index contributed by atoms with van der Waals surface area (Å²) >= 11 is 0. The molecule has 0 saturated heterocycles. The lowest BCUT2D eigenvalue weighted by Gasteiger charge is -2.38. The van der Waals surface area contributed by atoms with Crippen molar-refractivity contribution in [3.8, 4) is 5.75 Å². The third-order valence-electron chi connectivity index (χ3n) is 5.45. The van der Waals surface area contributed by atoms with Crippen LogP contribution in [-0.4, -0.2) is 6.61 Å². The van der Waals surface area contributed by atoms with Crippen LogP contribution in [0.1, 0.15) is 48.9 Å². The molecule has 2 aromatic carbocycles. The molecule has 0 fully saturated rings. The van der Waals surface area contributed by atoms with E-state index in [1.807, 2.05) is 0 Å². The van der Waals surface area contributed by atoms with Gasteiger partial charge in [0.2, 0.25) is 0 Å². The molecular formula is C23H27NO. The molecule has 0 radical (unpaired) electrons. The fourth-order valence-electron chi connectivity index (χ4n) is 4.21. The summed E-state index contributed by atoms with van der Waals surface area (Å²) in [6.07, 6.45) is 5.87. The van der Waals surface area contributed by atoms with Gasteiger partial charge in [-0.1, -0.05) is 62.4 Å². The molecule has 2 aromatic rings. The first-order chi connectivity index (χ1) is 12.1. The Bertz CT molecular complexity index is 792. The Labute approximate surface area is 150 Å². The quantitative estimate of drug-likeness (QED) is 0.708. The monoisotopic (exact) mass is 333 g/mol. The van der Waals surface area contributed by atoms with Crippen molar-refractivity contribution in [1.29, 1.82) is 0 Å². The first kappa shape index (κ1) is 16.3. The highest BCUT2D eigenvalue weighted by Crippen LogP contribution is 2.52. The van der Waals surface area contributed by atoms with Crippen LogP contribution in [0, 0.1) is 18.8 Å². The summed E-state index contributed by atoms with van der Waals surface area (Å²) in [6.45, 7) is 7.34. The van der Waals surface area contributed by atoms with Gasteiger partial charge in [0, 0.05) is 5.92 Å². The molecule has 0 bridgehead atoms. The zero-order chi connectivity index (χ0) is 17.4. The smallest absolute Gasteiger partial charge is 0.142 e. The lowest BCUT2D eigenvalue weighted by molar-refractivity contribution is 0.270. The Hall–Kier alpha value is -2.22. The van der Waals surface area contributed by atoms with Gasteiger partial charge < -0.3 is 10.1 Å². The highest BCUT2D eigenvalue weighted by atomic mass is 16.5. The number of para-hydroxylation sites is 1. The number of fused-ring (bicyclic) bond motifs is 3. The van der Waals surface area contributed by atoms with E-state index in [0.29, 0.717) is 23.8 Å². The van der Waals surface area contributed by atoms with E-state index in [1.165, 1.54) is 22.4 Å². The van der Waals surface area contributed by atoms with E-state index in [4.69, 9.17) is 4.74 Å². The van der Waals surface area contributed by atoms with E-state index < -0.39 is 0 Å². The van der Waals surface area contributed by atoms with Crippen LogP contribution in [0.15, 0.2) is 54.6 Å². The van der Waals surface area contributed by atoms with Crippen molar-refractivity contribution < 1.29 is 4.74 Å². The van der Waals surface area contributed by atoms with Gasteiger partial charge in [0.25, 0.3) is 0 Å². The number of nitrogens with one attached hydrogen (secondary N) is 1. The Balaban J connectivity index is 1.75. The fourth-order valence-corrected chi connectivity index (χ4v) is 4.21. The second-order valence-electron chi connectivity index (χ2n) is 7.76. The minimum atomic E-state index is 0.331. The molecule has 1 aliphatic carbocycles. The third kappa shape index (κ3) is 2.95. The number of hydrogen-bond acceptors (Lipinski definition) is 2. The molecular weight excluding hydrogens is 306 g/mol. The maximum Gasteiger partial charge on any atom is 0.142 e. The van der Waals surface area contributed by atoms with E-state index in [1.54, 1.807) is 0 Å². The van der Waals surface area contributed by atoms with Gasteiger partial charge in [-0.25, -0.2) is 0 Å². The van der Waals surface area contributed by atoms with E-state index in [0.717, 1.165) is 18.8 Å². The molecule has 2 nitrogen and oxygen atoms in total. The summed E-state index contributed by atoms with van der Waals surface area (Å²) in [7, 11) is 0. The predicted molar refractivity (Wildman–Crippen MR) is 104 cm³/mol. The van der Waals surface area contributed by atoms with Crippen LogP contribution in [0.4, 0.5) is 5.69 Å². The van der Waals surface area contributed by atoms with Gasteiger partial charge in [0.1, 0.15) is 5.75 Å². The molecule has 1 aliphatic heterocycles. The zero-order valence-electron chi connectivity index (χ0n) is 15.3. The molecule has 0 spiro atoms. The van der Waals surface area contributed by atoms with Crippen molar-refractivity contribution in [2.75, 3.05) is 11.9 Å². The molecule has 130 valence electrons. The molecule has 0 saturated carbocycles. The minimum absolute atomic E-state index is 0.331. The van der Waals surface area contributed by atoms with Crippen molar-refractivity contribution in [1.82, 2.24) is 0 Å². The van der Waals surface area contributed by atoms with Gasteiger partial charge >= 0.3 is 0 Å². The number of aryl methyl sites for hydroxylation is 1. The van der Waals surface area contributed by atoms with Gasteiger partial charge in [-0.3, -0.25) is 0 Å². The van der Waals surface area contributed by atoms with Crippen LogP contribution in [-0.2, 0) is 0 Å². The normalized spacial score (nSPS) is 23.9. The topological polar surface area (TPSA) is 21.3 Å². The molecule has 0 aromatic heterocycles. The summed E-state index contributed by atoms with van der Waals surface area (Å²) < 4.78 is 6.14. The van der Waals surface area contributed by atoms with Gasteiger partial charge in [-0.2, -0.15) is 0 Å². The fraction of sp³-hybridized carbons (Fsp3) is 0.391. The molecule has 2 aliphatic rings. The van der Waals surface area contributed by atoms with Gasteiger partial charge in [0.15, 0.2) is 0 Å². The van der Waals surface area contributed by atoms with Crippen molar-refractivity contribution in [3.05, 3.63) is 71.3 Å². The highest BCUT2D eigenvalue weighted by molar-refractivity contribution is 5.68. The maximum absolute atomic E-state index is 6.14. The van der Waals surface area contributed by atoms with E-state index in [2.05, 4.69) is 80.7 Å². The average Bonchev–Trinajstić information content (AvgIpc) is 3.10. The number of benzene rings is 2. The number of rotatable bonds is 4. The SMILES string of the molecule is Cc1ccccc1C1Nc2c(OCC(C)C)cccc2C2C=CCC21. The zero-order valence-corrected chi connectivity index (χ0v) is 15.3. The summed E-state index contributed by atoms with van der Waals surface area (Å²) in [4.78, 5) is 0. The maximum atomic E-state index is 6.14. The summed E-state index contributed by atoms with van der Waals surface area (Å²) in [5.74, 6) is 2.56. The Morgan fingerprint density at radius 3 is 2.68 bits per heavy atom. The first-order valence-electron chi connectivity index (χ1n) is 9.39. The lowest BCUT2D eigenvalue weighted by Crippen LogP contribution is -2.30. The van der Waals surface area contributed by atoms with Crippen LogP contribution in [0.25, 0.3) is 0 Å². The molecule has 4 rings (SSSR count). The van der Waals surface area contributed by atoms with Crippen molar-refractivity contribution in [2.45, 2.75) is 39.2 Å². The molecule has 3 atom stereocenters. The molecule has 1 N–H and O–H groups in total. The van der Waals surface area contributed by atoms with E-state index >= 15 is 0 Å². The Morgan fingerprint density at radius 2 is 1.88 bits per heavy atom. The van der Waals surface area contributed by atoms with Crippen LogP contribution in [0.5, 0.6) is 5.75 Å². The summed E-state index contributed by atoms with van der Waals surface area (Å²) in [5, 5.41) is 3.85. The Kier molecular flexibility index (Phi) is 4.29. The summed E-state index contributed by atoms with van der Waals surface area (Å²) in [5.41, 5.74) is 5.33. The minimum Gasteiger partial charge on any atom is -0.491 e. The highest BCUT2D eigenvalue weighted by Gasteiger charge is 2.39. The first-order valence-corrected chi connectivity index (χ1v) is 9.39. The Morgan fingerprint density at radius 1 is 1.08 bits per heavy atom. The molecule has 1 heterocycles. The van der Waals surface area contributed by atoms with Crippen LogP contribution in [0.3, 0.4) is 0 Å². The summed E-state index contributed by atoms with van der Waals surface area (Å²) in [6, 6.07) is 15.6. The predicted octanol–water partition coefficient (Wildman–Crippen LogP) is 5.86.